The molecule has 8 rings (SSSR count). The molecule has 15 heteroatoms. The van der Waals surface area contributed by atoms with Crippen LogP contribution in [0, 0.1) is 21.4 Å². The lowest BCUT2D eigenvalue weighted by Crippen LogP contribution is -2.54. The average molecular weight is 878 g/mol. The Morgan fingerprint density at radius 3 is 2.62 bits per heavy atom. The molecule has 334 valence electrons. The fourth-order valence-electron chi connectivity index (χ4n) is 10.1. The summed E-state index contributed by atoms with van der Waals surface area (Å²) in [7, 11) is -4.57. The number of amides is 1. The summed E-state index contributed by atoms with van der Waals surface area (Å²) in [5.74, 6) is -0.338. The van der Waals surface area contributed by atoms with Gasteiger partial charge in [-0.2, -0.15) is 0 Å². The minimum absolute atomic E-state index is 0.00180. The molecule has 4 heterocycles. The highest BCUT2D eigenvalue weighted by Gasteiger charge is 2.50. The smallest absolute Gasteiger partial charge is 0.293 e. The zero-order chi connectivity index (χ0) is 44.1. The normalized spacial score (nSPS) is 18.3. The van der Waals surface area contributed by atoms with Crippen molar-refractivity contribution in [3.05, 3.63) is 112 Å². The molecule has 2 atom stereocenters. The largest absolute Gasteiger partial charge is 0.455 e. The highest BCUT2D eigenvalue weighted by Crippen LogP contribution is 2.54. The number of aromatic amines is 1. The van der Waals surface area contributed by atoms with Gasteiger partial charge < -0.3 is 25.0 Å². The number of aromatic nitrogens is 2. The molecule has 14 nitrogen and oxygen atoms in total. The number of nitro benzene ring substituents is 1. The summed E-state index contributed by atoms with van der Waals surface area (Å²) in [4.78, 5) is 37.6. The van der Waals surface area contributed by atoms with Crippen molar-refractivity contribution in [3.63, 3.8) is 0 Å². The number of likely N-dealkylation sites (tertiary alicyclic amines) is 1. The number of piperidine rings is 1. The Kier molecular flexibility index (Phi) is 13.4. The van der Waals surface area contributed by atoms with E-state index in [4.69, 9.17) is 4.74 Å². The van der Waals surface area contributed by atoms with Crippen molar-refractivity contribution in [3.8, 4) is 11.5 Å². The van der Waals surface area contributed by atoms with Crippen LogP contribution in [-0.4, -0.2) is 78.1 Å². The number of nitro groups is 1. The van der Waals surface area contributed by atoms with E-state index >= 15 is 0 Å². The first-order valence-electron chi connectivity index (χ1n) is 22.5. The molecule has 3 fully saturated rings. The SMILES string of the molecule is CCCC[C@H](CCO)CNc1ccc(S(=O)(=O)NC(=O)c2ccc(N3CCC4(CC3)CC(N3CCC[C@H]3c3ccccc3CC)C4)cc2Oc2cnc3[nH]ccc3c2)cc1[N+](=O)[O-]. The molecule has 3 aliphatic rings. The number of aryl methyl sites for hydroxylation is 1. The third-order valence-electron chi connectivity index (χ3n) is 13.7. The van der Waals surface area contributed by atoms with E-state index in [1.54, 1.807) is 24.4 Å². The number of unbranched alkanes of at least 4 members (excludes halogenated alkanes) is 1. The number of nitrogens with one attached hydrogen (secondary N) is 3. The summed E-state index contributed by atoms with van der Waals surface area (Å²) >= 11 is 0. The molecule has 0 bridgehead atoms. The number of anilines is 2. The molecule has 1 aliphatic carbocycles. The number of rotatable bonds is 18. The van der Waals surface area contributed by atoms with Gasteiger partial charge in [0.2, 0.25) is 0 Å². The minimum atomic E-state index is -4.57. The van der Waals surface area contributed by atoms with Crippen LogP contribution in [0.2, 0.25) is 0 Å². The number of fused-ring (bicyclic) bond motifs is 1. The molecule has 1 amide bonds. The number of H-pyrrole nitrogens is 1. The van der Waals surface area contributed by atoms with Crippen molar-refractivity contribution in [2.75, 3.05) is 43.0 Å². The number of aliphatic hydroxyl groups is 1. The van der Waals surface area contributed by atoms with Gasteiger partial charge in [0.25, 0.3) is 21.6 Å². The number of carbonyl (C=O) groups is 1. The minimum Gasteiger partial charge on any atom is -0.455 e. The Morgan fingerprint density at radius 2 is 1.86 bits per heavy atom. The van der Waals surface area contributed by atoms with Crippen LogP contribution >= 0.6 is 0 Å². The zero-order valence-corrected chi connectivity index (χ0v) is 37.0. The van der Waals surface area contributed by atoms with Gasteiger partial charge in [0, 0.05) is 67.7 Å². The maximum absolute atomic E-state index is 14.0. The van der Waals surface area contributed by atoms with E-state index in [0.29, 0.717) is 41.9 Å². The fourth-order valence-corrected chi connectivity index (χ4v) is 11.1. The summed E-state index contributed by atoms with van der Waals surface area (Å²) in [6.07, 6.45) is 14.6. The first kappa shape index (κ1) is 44.1. The summed E-state index contributed by atoms with van der Waals surface area (Å²) in [5, 5.41) is 25.5. The molecule has 0 unspecified atom stereocenters. The lowest BCUT2D eigenvalue weighted by Gasteiger charge is -2.56. The maximum Gasteiger partial charge on any atom is 0.293 e. The molecule has 63 heavy (non-hydrogen) atoms. The van der Waals surface area contributed by atoms with Gasteiger partial charge >= 0.3 is 0 Å². The topological polar surface area (TPSA) is 183 Å². The van der Waals surface area contributed by atoms with E-state index in [-0.39, 0.29) is 29.5 Å². The van der Waals surface area contributed by atoms with Gasteiger partial charge in [0.05, 0.1) is 21.6 Å². The van der Waals surface area contributed by atoms with Crippen molar-refractivity contribution in [1.29, 1.82) is 0 Å². The van der Waals surface area contributed by atoms with E-state index in [1.807, 2.05) is 12.1 Å². The van der Waals surface area contributed by atoms with Crippen LogP contribution in [0.25, 0.3) is 11.0 Å². The molecular weight excluding hydrogens is 819 g/mol. The van der Waals surface area contributed by atoms with Crippen molar-refractivity contribution in [2.24, 2.45) is 11.3 Å². The van der Waals surface area contributed by atoms with Crippen molar-refractivity contribution in [2.45, 2.75) is 101 Å². The van der Waals surface area contributed by atoms with Crippen LogP contribution < -0.4 is 19.7 Å². The van der Waals surface area contributed by atoms with Crippen LogP contribution in [0.1, 0.15) is 106 Å². The molecule has 3 aromatic carbocycles. The molecule has 1 spiro atoms. The van der Waals surface area contributed by atoms with Crippen LogP contribution in [0.15, 0.2) is 90.1 Å². The Balaban J connectivity index is 0.974. The Labute approximate surface area is 369 Å². The van der Waals surface area contributed by atoms with Crippen LogP contribution in [0.3, 0.4) is 0 Å². The van der Waals surface area contributed by atoms with Crippen LogP contribution in [-0.2, 0) is 16.4 Å². The van der Waals surface area contributed by atoms with Gasteiger partial charge in [-0.1, -0.05) is 51.0 Å². The second-order valence-electron chi connectivity index (χ2n) is 17.6. The number of pyridine rings is 1. The summed E-state index contributed by atoms with van der Waals surface area (Å²) < 4.78 is 35.9. The zero-order valence-electron chi connectivity index (χ0n) is 36.2. The molecule has 0 radical (unpaired) electrons. The third kappa shape index (κ3) is 9.70. The molecule has 5 aromatic rings. The van der Waals surface area contributed by atoms with Gasteiger partial charge in [-0.15, -0.1) is 0 Å². The lowest BCUT2D eigenvalue weighted by atomic mass is 9.59. The number of benzene rings is 3. The third-order valence-corrected chi connectivity index (χ3v) is 15.0. The van der Waals surface area contributed by atoms with E-state index < -0.39 is 31.4 Å². The van der Waals surface area contributed by atoms with Gasteiger partial charge in [-0.05, 0) is 123 Å². The Morgan fingerprint density at radius 1 is 1.05 bits per heavy atom. The first-order valence-corrected chi connectivity index (χ1v) is 24.0. The van der Waals surface area contributed by atoms with Crippen molar-refractivity contribution < 1.29 is 28.0 Å². The predicted octanol–water partition coefficient (Wildman–Crippen LogP) is 9.13. The lowest BCUT2D eigenvalue weighted by molar-refractivity contribution is -0.384. The monoisotopic (exact) mass is 877 g/mol. The van der Waals surface area contributed by atoms with Gasteiger partial charge in [0.1, 0.15) is 22.8 Å². The summed E-state index contributed by atoms with van der Waals surface area (Å²) in [6.45, 7) is 7.53. The van der Waals surface area contributed by atoms with Gasteiger partial charge in [-0.25, -0.2) is 18.1 Å². The number of nitrogens with zero attached hydrogens (tertiary/aromatic N) is 4. The van der Waals surface area contributed by atoms with E-state index in [9.17, 15) is 28.4 Å². The number of ether oxygens (including phenoxy) is 1. The molecule has 1 saturated carbocycles. The number of carbonyl (C=O) groups excluding carboxylic acids is 1. The van der Waals surface area contributed by atoms with Crippen LogP contribution in [0.5, 0.6) is 11.5 Å². The molecule has 2 aromatic heterocycles. The van der Waals surface area contributed by atoms with E-state index in [2.05, 4.69) is 67.9 Å². The Hall–Kier alpha value is -5.51. The average Bonchev–Trinajstić information content (AvgIpc) is 3.96. The Bertz CT molecular complexity index is 2530. The predicted molar refractivity (Wildman–Crippen MR) is 245 cm³/mol. The maximum atomic E-state index is 14.0. The second-order valence-corrected chi connectivity index (χ2v) is 19.3. The van der Waals surface area contributed by atoms with Crippen molar-refractivity contribution >= 4 is 44.0 Å². The quantitative estimate of drug-likeness (QED) is 0.0487. The molecule has 4 N–H and O–H groups in total. The number of hydrogen-bond acceptors (Lipinski definition) is 11. The first-order chi connectivity index (χ1) is 30.5. The van der Waals surface area contributed by atoms with E-state index in [0.717, 1.165) is 75.3 Å². The summed E-state index contributed by atoms with van der Waals surface area (Å²) in [6, 6.07) is 22.4. The number of hydrogen-bond donors (Lipinski definition) is 4. The fraction of sp³-hybridized carbons (Fsp3) is 0.458. The van der Waals surface area contributed by atoms with Crippen LogP contribution in [0.4, 0.5) is 17.1 Å². The highest BCUT2D eigenvalue weighted by molar-refractivity contribution is 7.90. The van der Waals surface area contributed by atoms with Gasteiger partial charge in [-0.3, -0.25) is 19.8 Å². The molecular formula is C48H59N7O7S. The molecule has 2 aliphatic heterocycles. The number of sulfonamides is 1. The number of aliphatic hydroxyl groups excluding tert-OH is 1. The summed E-state index contributed by atoms with van der Waals surface area (Å²) in [5.41, 5.74) is 4.48. The second kappa shape index (κ2) is 19.1. The molecule has 2 saturated heterocycles. The highest BCUT2D eigenvalue weighted by atomic mass is 32.2. The standard InChI is InChI=1S/C48H59N7O7S/c1-3-5-9-33(18-25-56)31-50-42-16-14-39(28-44(42)55(58)59)63(60,61)52-47(57)41-15-13-36(27-45(41)62-38-26-35-17-21-49-46(35)51-32-38)53-23-19-48(20-24-53)29-37(30-48)54-22-8-12-43(54)40-11-7-6-10-34(40)4-2/h6-7,10-11,13-17,21,26-28,32-33,37,43,50,56H,3-5,8-9,12,18-20,22-25,29-31H2,1-2H3,(H,49,51)(H,52,57)/t33-,43+/m1/s1. The van der Waals surface area contributed by atoms with Gasteiger partial charge in [0.15, 0.2) is 0 Å². The van der Waals surface area contributed by atoms with Crippen molar-refractivity contribution in [1.82, 2.24) is 19.6 Å². The van der Waals surface area contributed by atoms with E-state index in [1.165, 1.54) is 55.1 Å².